The quantitative estimate of drug-likeness (QED) is 0.227. The van der Waals surface area contributed by atoms with Crippen LogP contribution in [0.3, 0.4) is 0 Å². The van der Waals surface area contributed by atoms with Crippen LogP contribution in [-0.2, 0) is 0 Å². The number of nitrogens with one attached hydrogen (secondary N) is 3. The molecule has 1 amide bonds. The number of aryl methyl sites for hydroxylation is 1. The SMILES string of the molecule is Cc1ccc(-c2nccc3[nH]c(-c4n[nH]c5ccc(-c6cncc(NC(=O)c7ccccc7)c6)cc45)nc23)s1. The lowest BCUT2D eigenvalue weighted by molar-refractivity contribution is 0.102. The number of aromatic amines is 2. The molecule has 0 radical (unpaired) electrons. The Labute approximate surface area is 226 Å². The van der Waals surface area contributed by atoms with Crippen LogP contribution in [0.4, 0.5) is 5.69 Å². The molecule has 3 N–H and O–H groups in total. The van der Waals surface area contributed by atoms with Crippen molar-refractivity contribution in [2.45, 2.75) is 6.92 Å². The van der Waals surface area contributed by atoms with E-state index in [4.69, 9.17) is 4.98 Å². The van der Waals surface area contributed by atoms with Gasteiger partial charge in [-0.2, -0.15) is 5.10 Å². The van der Waals surface area contributed by atoms with Crippen molar-refractivity contribution < 1.29 is 4.79 Å². The Morgan fingerprint density at radius 2 is 1.79 bits per heavy atom. The van der Waals surface area contributed by atoms with Gasteiger partial charge in [0.1, 0.15) is 16.9 Å². The standard InChI is InChI=1S/C30H21N7OS/c1-17-7-10-25(39-17)28-27-24(11-12-32-28)34-29(35-27)26-22-14-19(8-9-23(22)36-37-26)20-13-21(16-31-15-20)33-30(38)18-5-3-2-4-6-18/h2-16H,1H3,(H,33,38)(H,34,35)(H,36,37). The maximum atomic E-state index is 12.6. The summed E-state index contributed by atoms with van der Waals surface area (Å²) in [6, 6.07) is 23.2. The molecule has 5 heterocycles. The highest BCUT2D eigenvalue weighted by molar-refractivity contribution is 7.15. The maximum absolute atomic E-state index is 12.6. The summed E-state index contributed by atoms with van der Waals surface area (Å²) >= 11 is 1.70. The lowest BCUT2D eigenvalue weighted by Crippen LogP contribution is -2.11. The van der Waals surface area contributed by atoms with E-state index in [1.54, 1.807) is 42.1 Å². The van der Waals surface area contributed by atoms with E-state index in [2.05, 4.69) is 55.6 Å². The van der Waals surface area contributed by atoms with Crippen molar-refractivity contribution in [1.82, 2.24) is 30.1 Å². The van der Waals surface area contributed by atoms with Crippen LogP contribution in [0.25, 0.3) is 55.2 Å². The molecule has 7 aromatic rings. The monoisotopic (exact) mass is 527 g/mol. The molecule has 0 fully saturated rings. The molecule has 7 rings (SSSR count). The van der Waals surface area contributed by atoms with Gasteiger partial charge in [0.25, 0.3) is 5.91 Å². The number of amides is 1. The minimum absolute atomic E-state index is 0.182. The number of benzene rings is 2. The second-order valence-electron chi connectivity index (χ2n) is 9.17. The molecule has 0 saturated heterocycles. The van der Waals surface area contributed by atoms with Crippen LogP contribution in [0.5, 0.6) is 0 Å². The molecule has 0 saturated carbocycles. The third-order valence-corrected chi connectivity index (χ3v) is 7.53. The van der Waals surface area contributed by atoms with Crippen molar-refractivity contribution in [3.05, 3.63) is 102 Å². The Morgan fingerprint density at radius 1 is 0.897 bits per heavy atom. The fourth-order valence-corrected chi connectivity index (χ4v) is 5.49. The summed E-state index contributed by atoms with van der Waals surface area (Å²) in [6.45, 7) is 2.08. The maximum Gasteiger partial charge on any atom is 0.255 e. The Hall–Kier alpha value is -5.15. The molecule has 5 aromatic heterocycles. The number of nitrogens with zero attached hydrogens (tertiary/aromatic N) is 4. The van der Waals surface area contributed by atoms with Gasteiger partial charge in [0.05, 0.1) is 27.8 Å². The molecule has 0 atom stereocenters. The molecule has 2 aromatic carbocycles. The van der Waals surface area contributed by atoms with Crippen LogP contribution in [0, 0.1) is 6.92 Å². The minimum atomic E-state index is -0.182. The number of imidazole rings is 1. The second kappa shape index (κ2) is 9.30. The highest BCUT2D eigenvalue weighted by atomic mass is 32.1. The number of rotatable bonds is 5. The average Bonchev–Trinajstić information content (AvgIpc) is 3.71. The highest BCUT2D eigenvalue weighted by Crippen LogP contribution is 2.34. The largest absolute Gasteiger partial charge is 0.336 e. The summed E-state index contributed by atoms with van der Waals surface area (Å²) in [5.41, 5.74) is 7.21. The van der Waals surface area contributed by atoms with Crippen LogP contribution in [-0.4, -0.2) is 36.0 Å². The van der Waals surface area contributed by atoms with Crippen LogP contribution < -0.4 is 5.32 Å². The zero-order valence-electron chi connectivity index (χ0n) is 20.8. The van der Waals surface area contributed by atoms with Crippen LogP contribution in [0.1, 0.15) is 15.2 Å². The molecule has 9 heteroatoms. The van der Waals surface area contributed by atoms with E-state index < -0.39 is 0 Å². The van der Waals surface area contributed by atoms with Crippen LogP contribution >= 0.6 is 11.3 Å². The predicted octanol–water partition coefficient (Wildman–Crippen LogP) is 6.85. The van der Waals surface area contributed by atoms with Gasteiger partial charge >= 0.3 is 0 Å². The van der Waals surface area contributed by atoms with Crippen molar-refractivity contribution in [3.8, 4) is 33.2 Å². The zero-order valence-corrected chi connectivity index (χ0v) is 21.6. The normalized spacial score (nSPS) is 11.3. The molecular weight excluding hydrogens is 506 g/mol. The number of carbonyl (C=O) groups excluding carboxylic acids is 1. The van der Waals surface area contributed by atoms with E-state index in [0.717, 1.165) is 49.3 Å². The molecule has 8 nitrogen and oxygen atoms in total. The van der Waals surface area contributed by atoms with Gasteiger partial charge in [-0.1, -0.05) is 24.3 Å². The number of anilines is 1. The molecule has 39 heavy (non-hydrogen) atoms. The van der Waals surface area contributed by atoms with E-state index in [1.807, 2.05) is 42.5 Å². The number of hydrogen-bond donors (Lipinski definition) is 3. The van der Waals surface area contributed by atoms with Crippen molar-refractivity contribution in [3.63, 3.8) is 0 Å². The molecule has 0 aliphatic carbocycles. The van der Waals surface area contributed by atoms with E-state index in [9.17, 15) is 4.79 Å². The van der Waals surface area contributed by atoms with E-state index in [1.165, 1.54) is 4.88 Å². The zero-order chi connectivity index (χ0) is 26.3. The van der Waals surface area contributed by atoms with Gasteiger partial charge in [-0.3, -0.25) is 19.9 Å². The fraction of sp³-hybridized carbons (Fsp3) is 0.0333. The fourth-order valence-electron chi connectivity index (χ4n) is 4.62. The topological polar surface area (TPSA) is 112 Å². The average molecular weight is 528 g/mol. The number of fused-ring (bicyclic) bond motifs is 2. The van der Waals surface area contributed by atoms with E-state index >= 15 is 0 Å². The number of H-pyrrole nitrogens is 2. The Bertz CT molecular complexity index is 1990. The summed E-state index contributed by atoms with van der Waals surface area (Å²) in [5, 5.41) is 11.6. The van der Waals surface area contributed by atoms with Crippen molar-refractivity contribution in [2.75, 3.05) is 5.32 Å². The number of pyridine rings is 2. The van der Waals surface area contributed by atoms with Crippen molar-refractivity contribution in [1.29, 1.82) is 0 Å². The van der Waals surface area contributed by atoms with Gasteiger partial charge in [0.15, 0.2) is 5.82 Å². The first-order valence-corrected chi connectivity index (χ1v) is 13.2. The third-order valence-electron chi connectivity index (χ3n) is 6.53. The lowest BCUT2D eigenvalue weighted by Gasteiger charge is -2.08. The summed E-state index contributed by atoms with van der Waals surface area (Å²) in [6.07, 6.45) is 5.22. The number of hydrogen-bond acceptors (Lipinski definition) is 6. The first-order chi connectivity index (χ1) is 19.1. The van der Waals surface area contributed by atoms with Crippen molar-refractivity contribution >= 4 is 44.9 Å². The van der Waals surface area contributed by atoms with Gasteiger partial charge in [-0.05, 0) is 61.0 Å². The summed E-state index contributed by atoms with van der Waals surface area (Å²) < 4.78 is 0. The second-order valence-corrected chi connectivity index (χ2v) is 10.5. The Morgan fingerprint density at radius 3 is 2.64 bits per heavy atom. The van der Waals surface area contributed by atoms with Gasteiger partial charge < -0.3 is 10.3 Å². The molecular formula is C30H21N7OS. The molecule has 0 unspecified atom stereocenters. The smallest absolute Gasteiger partial charge is 0.255 e. The Balaban J connectivity index is 1.25. The minimum Gasteiger partial charge on any atom is -0.336 e. The first-order valence-electron chi connectivity index (χ1n) is 12.3. The van der Waals surface area contributed by atoms with Gasteiger partial charge in [-0.25, -0.2) is 4.98 Å². The number of aromatic nitrogens is 6. The third kappa shape index (κ3) is 4.24. The number of carbonyl (C=O) groups is 1. The van der Waals surface area contributed by atoms with Gasteiger partial charge in [0.2, 0.25) is 0 Å². The van der Waals surface area contributed by atoms with Gasteiger partial charge in [0, 0.05) is 33.8 Å². The summed E-state index contributed by atoms with van der Waals surface area (Å²) in [7, 11) is 0. The first kappa shape index (κ1) is 23.0. The summed E-state index contributed by atoms with van der Waals surface area (Å²) in [5.74, 6) is 0.483. The van der Waals surface area contributed by atoms with E-state index in [0.29, 0.717) is 17.1 Å². The highest BCUT2D eigenvalue weighted by Gasteiger charge is 2.17. The number of thiophene rings is 1. The lowest BCUT2D eigenvalue weighted by atomic mass is 10.0. The molecule has 188 valence electrons. The van der Waals surface area contributed by atoms with Gasteiger partial charge in [-0.15, -0.1) is 11.3 Å². The molecule has 0 bridgehead atoms. The molecule has 0 spiro atoms. The Kier molecular flexibility index (Phi) is 5.49. The van der Waals surface area contributed by atoms with Crippen LogP contribution in [0.2, 0.25) is 0 Å². The summed E-state index contributed by atoms with van der Waals surface area (Å²) in [4.78, 5) is 32.2. The molecule has 0 aliphatic heterocycles. The predicted molar refractivity (Wildman–Crippen MR) is 155 cm³/mol. The van der Waals surface area contributed by atoms with Crippen molar-refractivity contribution in [2.24, 2.45) is 0 Å². The van der Waals surface area contributed by atoms with Crippen LogP contribution in [0.15, 0.2) is 91.4 Å². The molecule has 0 aliphatic rings. The van der Waals surface area contributed by atoms with E-state index in [-0.39, 0.29) is 5.91 Å².